The maximum absolute atomic E-state index is 12.0. The Balaban J connectivity index is 1.89. The number of alkyl carbamates (subject to hydrolysis) is 1. The van der Waals surface area contributed by atoms with Gasteiger partial charge in [-0.1, -0.05) is 12.1 Å². The number of nitrogens with one attached hydrogen (secondary N) is 1. The average Bonchev–Trinajstić information content (AvgIpc) is 2.66. The first kappa shape index (κ1) is 22.0. The second-order valence-corrected chi connectivity index (χ2v) is 7.91. The van der Waals surface area contributed by atoms with Crippen LogP contribution in [-0.4, -0.2) is 62.1 Å². The molecule has 1 aromatic rings. The van der Waals surface area contributed by atoms with Crippen molar-refractivity contribution in [1.29, 1.82) is 5.26 Å². The number of benzene rings is 1. The van der Waals surface area contributed by atoms with E-state index >= 15 is 0 Å². The number of hydrogen-bond donors (Lipinski definition) is 1. The molecule has 1 saturated heterocycles. The van der Waals surface area contributed by atoms with Crippen molar-refractivity contribution in [3.8, 4) is 11.8 Å². The van der Waals surface area contributed by atoms with Crippen molar-refractivity contribution >= 4 is 6.09 Å². The van der Waals surface area contributed by atoms with Crippen LogP contribution in [0.1, 0.15) is 39.2 Å². The van der Waals surface area contributed by atoms with Crippen LogP contribution in [0.15, 0.2) is 24.3 Å². The lowest BCUT2D eigenvalue weighted by atomic mass is 9.99. The highest BCUT2D eigenvalue weighted by molar-refractivity contribution is 5.67. The second kappa shape index (κ2) is 10.3. The summed E-state index contributed by atoms with van der Waals surface area (Å²) in [5.74, 6) is 0.597. The van der Waals surface area contributed by atoms with Crippen molar-refractivity contribution < 1.29 is 19.0 Å². The van der Waals surface area contributed by atoms with E-state index in [-0.39, 0.29) is 12.1 Å². The van der Waals surface area contributed by atoms with Gasteiger partial charge in [0.05, 0.1) is 11.7 Å². The highest BCUT2D eigenvalue weighted by Gasteiger charge is 2.29. The molecule has 1 N–H and O–H groups in total. The summed E-state index contributed by atoms with van der Waals surface area (Å²) in [6.45, 7) is 8.06. The summed E-state index contributed by atoms with van der Waals surface area (Å²) in [5, 5.41) is 12.0. The smallest absolute Gasteiger partial charge is 0.407 e. The molecule has 0 aromatic heterocycles. The van der Waals surface area contributed by atoms with Gasteiger partial charge >= 0.3 is 6.09 Å². The Kier molecular flexibility index (Phi) is 8.09. The van der Waals surface area contributed by atoms with Gasteiger partial charge in [-0.2, -0.15) is 5.26 Å². The minimum Gasteiger partial charge on any atom is -0.491 e. The predicted octanol–water partition coefficient (Wildman–Crippen LogP) is 2.94. The number of piperidine rings is 1. The Bertz CT molecular complexity index is 681. The molecule has 1 amide bonds. The van der Waals surface area contributed by atoms with Crippen LogP contribution in [0.5, 0.6) is 5.75 Å². The van der Waals surface area contributed by atoms with E-state index in [1.54, 1.807) is 19.2 Å². The molecule has 1 aromatic carbocycles. The highest BCUT2D eigenvalue weighted by atomic mass is 16.6. The molecular weight excluding hydrogens is 358 g/mol. The highest BCUT2D eigenvalue weighted by Crippen LogP contribution is 2.20. The zero-order valence-corrected chi connectivity index (χ0v) is 17.2. The van der Waals surface area contributed by atoms with Crippen molar-refractivity contribution in [2.45, 2.75) is 51.4 Å². The Hall–Kier alpha value is -2.30. The quantitative estimate of drug-likeness (QED) is 0.772. The number of ether oxygens (including phenoxy) is 3. The molecule has 1 fully saturated rings. The third-order valence-electron chi connectivity index (χ3n) is 4.65. The maximum Gasteiger partial charge on any atom is 0.407 e. The molecule has 0 bridgehead atoms. The van der Waals surface area contributed by atoms with Crippen LogP contribution in [-0.2, 0) is 9.47 Å². The minimum absolute atomic E-state index is 0.140. The number of rotatable bonds is 7. The van der Waals surface area contributed by atoms with Crippen molar-refractivity contribution in [3.05, 3.63) is 29.8 Å². The van der Waals surface area contributed by atoms with Crippen LogP contribution in [0.4, 0.5) is 4.79 Å². The van der Waals surface area contributed by atoms with Gasteiger partial charge in [0.15, 0.2) is 0 Å². The lowest BCUT2D eigenvalue weighted by Crippen LogP contribution is -2.51. The number of carbonyl (C=O) groups is 1. The Morgan fingerprint density at radius 2 is 2.11 bits per heavy atom. The molecule has 28 heavy (non-hydrogen) atoms. The van der Waals surface area contributed by atoms with Gasteiger partial charge in [-0.05, 0) is 45.7 Å². The fourth-order valence-electron chi connectivity index (χ4n) is 3.26. The fraction of sp³-hybridized carbons (Fsp3) is 0.619. The Labute approximate surface area is 167 Å². The summed E-state index contributed by atoms with van der Waals surface area (Å²) in [4.78, 5) is 14.3. The van der Waals surface area contributed by atoms with E-state index in [0.29, 0.717) is 31.0 Å². The van der Waals surface area contributed by atoms with Crippen LogP contribution >= 0.6 is 0 Å². The zero-order valence-electron chi connectivity index (χ0n) is 17.2. The van der Waals surface area contributed by atoms with Crippen LogP contribution in [0.2, 0.25) is 0 Å². The average molecular weight is 389 g/mol. The molecule has 7 heteroatoms. The van der Waals surface area contributed by atoms with Crippen LogP contribution in [0.3, 0.4) is 0 Å². The number of para-hydroxylation sites is 1. The molecule has 0 unspecified atom stereocenters. The van der Waals surface area contributed by atoms with E-state index in [1.807, 2.05) is 32.9 Å². The molecule has 2 rings (SSSR count). The van der Waals surface area contributed by atoms with E-state index in [9.17, 15) is 4.79 Å². The third-order valence-corrected chi connectivity index (χ3v) is 4.65. The molecule has 0 spiro atoms. The first-order valence-corrected chi connectivity index (χ1v) is 9.68. The molecular formula is C21H31N3O4. The van der Waals surface area contributed by atoms with Gasteiger partial charge in [0.25, 0.3) is 0 Å². The number of amides is 1. The summed E-state index contributed by atoms with van der Waals surface area (Å²) in [5.41, 5.74) is 0.0108. The number of nitriles is 1. The van der Waals surface area contributed by atoms with Crippen molar-refractivity contribution in [2.24, 2.45) is 0 Å². The van der Waals surface area contributed by atoms with Crippen LogP contribution < -0.4 is 10.1 Å². The van der Waals surface area contributed by atoms with Crippen LogP contribution in [0, 0.1) is 11.3 Å². The summed E-state index contributed by atoms with van der Waals surface area (Å²) < 4.78 is 16.7. The second-order valence-electron chi connectivity index (χ2n) is 7.91. The SMILES string of the molecule is CO[C@H]1CCN(CCOc2ccccc2C#N)[C@@H](CNC(=O)OC(C)(C)C)C1. The summed E-state index contributed by atoms with van der Waals surface area (Å²) in [6, 6.07) is 9.50. The van der Waals surface area contributed by atoms with Gasteiger partial charge in [-0.3, -0.25) is 4.90 Å². The maximum atomic E-state index is 12.0. The van der Waals surface area contributed by atoms with E-state index in [4.69, 9.17) is 19.5 Å². The Morgan fingerprint density at radius 1 is 1.36 bits per heavy atom. The fourth-order valence-corrected chi connectivity index (χ4v) is 3.26. The summed E-state index contributed by atoms with van der Waals surface area (Å²) in [6.07, 6.45) is 1.54. The third kappa shape index (κ3) is 7.02. The van der Waals surface area contributed by atoms with Gasteiger partial charge < -0.3 is 19.5 Å². The molecule has 7 nitrogen and oxygen atoms in total. The topological polar surface area (TPSA) is 83.8 Å². The minimum atomic E-state index is -0.520. The predicted molar refractivity (Wildman–Crippen MR) is 106 cm³/mol. The lowest BCUT2D eigenvalue weighted by molar-refractivity contribution is 0.00467. The number of carbonyl (C=O) groups excluding carboxylic acids is 1. The molecule has 1 aliphatic heterocycles. The van der Waals surface area contributed by atoms with Crippen molar-refractivity contribution in [3.63, 3.8) is 0 Å². The van der Waals surface area contributed by atoms with Gasteiger partial charge in [-0.25, -0.2) is 4.79 Å². The van der Waals surface area contributed by atoms with E-state index in [2.05, 4.69) is 16.3 Å². The molecule has 0 aliphatic carbocycles. The largest absolute Gasteiger partial charge is 0.491 e. The first-order valence-electron chi connectivity index (χ1n) is 9.68. The van der Waals surface area contributed by atoms with E-state index in [1.165, 1.54) is 0 Å². The number of likely N-dealkylation sites (tertiary alicyclic amines) is 1. The monoisotopic (exact) mass is 389 g/mol. The Morgan fingerprint density at radius 3 is 2.79 bits per heavy atom. The molecule has 2 atom stereocenters. The zero-order chi connectivity index (χ0) is 20.6. The lowest BCUT2D eigenvalue weighted by Gasteiger charge is -2.39. The number of methoxy groups -OCH3 is 1. The first-order chi connectivity index (χ1) is 13.3. The van der Waals surface area contributed by atoms with Crippen molar-refractivity contribution in [1.82, 2.24) is 10.2 Å². The normalized spacial score (nSPS) is 20.2. The summed E-state index contributed by atoms with van der Waals surface area (Å²) in [7, 11) is 1.72. The number of hydrogen-bond acceptors (Lipinski definition) is 6. The summed E-state index contributed by atoms with van der Waals surface area (Å²) >= 11 is 0. The van der Waals surface area contributed by atoms with Gasteiger partial charge in [-0.15, -0.1) is 0 Å². The molecule has 154 valence electrons. The molecule has 0 radical (unpaired) electrons. The van der Waals surface area contributed by atoms with Crippen LogP contribution in [0.25, 0.3) is 0 Å². The van der Waals surface area contributed by atoms with Crippen molar-refractivity contribution in [2.75, 3.05) is 33.4 Å². The van der Waals surface area contributed by atoms with Gasteiger partial charge in [0.1, 0.15) is 24.0 Å². The van der Waals surface area contributed by atoms with E-state index < -0.39 is 11.7 Å². The molecule has 0 saturated carbocycles. The van der Waals surface area contributed by atoms with E-state index in [0.717, 1.165) is 19.4 Å². The molecule has 1 aliphatic rings. The van der Waals surface area contributed by atoms with Gasteiger partial charge in [0, 0.05) is 32.8 Å². The standard InChI is InChI=1S/C21H31N3O4/c1-21(2,3)28-20(25)23-15-17-13-18(26-4)9-10-24(17)11-12-27-19-8-6-5-7-16(19)14-22/h5-8,17-18H,9-13,15H2,1-4H3,(H,23,25)/t17-,18+/m1/s1. The molecule has 1 heterocycles. The number of nitrogens with zero attached hydrogens (tertiary/aromatic N) is 2. The van der Waals surface area contributed by atoms with Gasteiger partial charge in [0.2, 0.25) is 0 Å².